The van der Waals surface area contributed by atoms with E-state index in [1.54, 1.807) is 16.7 Å². The second-order valence-corrected chi connectivity index (χ2v) is 11.7. The summed E-state index contributed by atoms with van der Waals surface area (Å²) in [6.45, 7) is 4.94. The molecule has 0 aliphatic heterocycles. The van der Waals surface area contributed by atoms with Gasteiger partial charge in [0.05, 0.1) is 0 Å². The fourth-order valence-corrected chi connectivity index (χ4v) is 7.33. The Morgan fingerprint density at radius 1 is 0.778 bits per heavy atom. The Kier molecular flexibility index (Phi) is 5.10. The fraction of sp³-hybridized carbons (Fsp3) is 0.314. The smallest absolute Gasteiger partial charge is 0.0458 e. The van der Waals surface area contributed by atoms with Crippen molar-refractivity contribution in [2.75, 3.05) is 4.90 Å². The Hall–Kier alpha value is -3.32. The zero-order valence-electron chi connectivity index (χ0n) is 21.4. The van der Waals surface area contributed by atoms with Gasteiger partial charge in [-0.2, -0.15) is 0 Å². The molecule has 4 unspecified atom stereocenters. The maximum Gasteiger partial charge on any atom is 0.0458 e. The summed E-state index contributed by atoms with van der Waals surface area (Å²) < 4.78 is 0. The van der Waals surface area contributed by atoms with Gasteiger partial charge in [-0.15, -0.1) is 0 Å². The molecule has 2 aromatic carbocycles. The quantitative estimate of drug-likeness (QED) is 0.404. The van der Waals surface area contributed by atoms with E-state index in [-0.39, 0.29) is 5.41 Å². The van der Waals surface area contributed by atoms with Crippen LogP contribution >= 0.6 is 0 Å². The Morgan fingerprint density at radius 2 is 1.50 bits per heavy atom. The number of benzene rings is 2. The SMILES string of the molecule is CC1(C)C2=CC3CC3CC2C2=C1C=CCC2C1=CC=C(N(c2ccccc2)c2ccccc2)CC=C1. The lowest BCUT2D eigenvalue weighted by atomic mass is 9.75. The van der Waals surface area contributed by atoms with Crippen LogP contribution in [0.25, 0.3) is 0 Å². The summed E-state index contributed by atoms with van der Waals surface area (Å²) in [7, 11) is 0. The van der Waals surface area contributed by atoms with Crippen molar-refractivity contribution in [3.63, 3.8) is 0 Å². The van der Waals surface area contributed by atoms with Gasteiger partial charge in [-0.25, -0.2) is 0 Å². The highest BCUT2D eigenvalue weighted by Gasteiger charge is 2.52. The van der Waals surface area contributed by atoms with E-state index in [1.807, 2.05) is 0 Å². The van der Waals surface area contributed by atoms with E-state index in [0.29, 0.717) is 11.8 Å². The molecule has 0 saturated heterocycles. The zero-order chi connectivity index (χ0) is 24.3. The molecule has 1 fully saturated rings. The van der Waals surface area contributed by atoms with E-state index in [2.05, 4.69) is 122 Å². The summed E-state index contributed by atoms with van der Waals surface area (Å²) in [4.78, 5) is 2.41. The van der Waals surface area contributed by atoms with Crippen LogP contribution in [-0.2, 0) is 0 Å². The van der Waals surface area contributed by atoms with Crippen molar-refractivity contribution in [1.29, 1.82) is 0 Å². The van der Waals surface area contributed by atoms with Gasteiger partial charge in [0, 0.05) is 40.7 Å². The molecule has 0 heterocycles. The van der Waals surface area contributed by atoms with E-state index < -0.39 is 0 Å². The predicted molar refractivity (Wildman–Crippen MR) is 151 cm³/mol. The van der Waals surface area contributed by atoms with Crippen LogP contribution in [0, 0.1) is 29.1 Å². The van der Waals surface area contributed by atoms with Crippen LogP contribution in [0.2, 0.25) is 0 Å². The van der Waals surface area contributed by atoms with Crippen LogP contribution in [0.3, 0.4) is 0 Å². The average molecular weight is 470 g/mol. The average Bonchev–Trinajstić information content (AvgIpc) is 3.68. The first-order valence-electron chi connectivity index (χ1n) is 13.7. The molecule has 1 heteroatoms. The van der Waals surface area contributed by atoms with Gasteiger partial charge >= 0.3 is 0 Å². The third kappa shape index (κ3) is 3.52. The predicted octanol–water partition coefficient (Wildman–Crippen LogP) is 9.09. The van der Waals surface area contributed by atoms with Gasteiger partial charge in [-0.1, -0.05) is 97.8 Å². The second kappa shape index (κ2) is 8.37. The highest BCUT2D eigenvalue weighted by atomic mass is 15.1. The number of hydrogen-bond donors (Lipinski definition) is 0. The monoisotopic (exact) mass is 469 g/mol. The summed E-state index contributed by atoms with van der Waals surface area (Å²) >= 11 is 0. The first kappa shape index (κ1) is 21.9. The molecular formula is C35H35N. The molecule has 1 nitrogen and oxygen atoms in total. The third-order valence-corrected chi connectivity index (χ3v) is 9.22. The van der Waals surface area contributed by atoms with Gasteiger partial charge in [-0.05, 0) is 72.6 Å². The minimum Gasteiger partial charge on any atom is -0.314 e. The largest absolute Gasteiger partial charge is 0.314 e. The summed E-state index contributed by atoms with van der Waals surface area (Å²) in [6.07, 6.45) is 22.0. The maximum absolute atomic E-state index is 2.68. The van der Waals surface area contributed by atoms with E-state index >= 15 is 0 Å². The molecule has 5 aliphatic rings. The first-order valence-corrected chi connectivity index (χ1v) is 13.7. The molecular weight excluding hydrogens is 434 g/mol. The molecule has 0 aromatic heterocycles. The van der Waals surface area contributed by atoms with Gasteiger partial charge in [0.25, 0.3) is 0 Å². The molecule has 0 radical (unpaired) electrons. The number of hydrogen-bond acceptors (Lipinski definition) is 1. The lowest BCUT2D eigenvalue weighted by molar-refractivity contribution is 0.462. The zero-order valence-corrected chi connectivity index (χ0v) is 21.4. The number of nitrogens with zero attached hydrogens (tertiary/aromatic N) is 1. The molecule has 7 rings (SSSR count). The van der Waals surface area contributed by atoms with Crippen LogP contribution in [0.4, 0.5) is 11.4 Å². The van der Waals surface area contributed by atoms with Gasteiger partial charge in [0.2, 0.25) is 0 Å². The number of para-hydroxylation sites is 2. The lowest BCUT2D eigenvalue weighted by Crippen LogP contribution is -2.19. The summed E-state index contributed by atoms with van der Waals surface area (Å²) in [5.74, 6) is 2.94. The third-order valence-electron chi connectivity index (χ3n) is 9.22. The number of rotatable bonds is 4. The summed E-state index contributed by atoms with van der Waals surface area (Å²) in [5, 5.41) is 0. The second-order valence-electron chi connectivity index (χ2n) is 11.7. The molecule has 180 valence electrons. The minimum absolute atomic E-state index is 0.177. The number of fused-ring (bicyclic) bond motifs is 3. The van der Waals surface area contributed by atoms with Gasteiger partial charge in [-0.3, -0.25) is 0 Å². The van der Waals surface area contributed by atoms with Crippen LogP contribution < -0.4 is 4.90 Å². The van der Waals surface area contributed by atoms with Gasteiger partial charge in [0.1, 0.15) is 0 Å². The van der Waals surface area contributed by atoms with E-state index in [0.717, 1.165) is 24.7 Å². The molecule has 0 amide bonds. The molecule has 0 bridgehead atoms. The maximum atomic E-state index is 2.68. The van der Waals surface area contributed by atoms with Crippen LogP contribution in [-0.4, -0.2) is 0 Å². The normalized spacial score (nSPS) is 29.3. The van der Waals surface area contributed by atoms with Gasteiger partial charge in [0.15, 0.2) is 0 Å². The van der Waals surface area contributed by atoms with Crippen molar-refractivity contribution in [2.24, 2.45) is 29.1 Å². The Bertz CT molecular complexity index is 1320. The highest BCUT2D eigenvalue weighted by Crippen LogP contribution is 2.63. The number of allylic oxidation sites excluding steroid dienone is 11. The Labute approximate surface area is 215 Å². The molecule has 4 atom stereocenters. The molecule has 5 aliphatic carbocycles. The first-order chi connectivity index (χ1) is 17.6. The van der Waals surface area contributed by atoms with Crippen LogP contribution in [0.15, 0.2) is 131 Å². The lowest BCUT2D eigenvalue weighted by Gasteiger charge is -2.29. The van der Waals surface area contributed by atoms with Crippen LogP contribution in [0.5, 0.6) is 0 Å². The molecule has 1 saturated carbocycles. The van der Waals surface area contributed by atoms with Gasteiger partial charge < -0.3 is 4.90 Å². The molecule has 36 heavy (non-hydrogen) atoms. The topological polar surface area (TPSA) is 3.24 Å². The van der Waals surface area contributed by atoms with E-state index in [1.165, 1.54) is 35.5 Å². The van der Waals surface area contributed by atoms with Crippen molar-refractivity contribution in [2.45, 2.75) is 39.5 Å². The molecule has 0 N–H and O–H groups in total. The molecule has 2 aromatic rings. The van der Waals surface area contributed by atoms with E-state index in [9.17, 15) is 0 Å². The number of anilines is 2. The van der Waals surface area contributed by atoms with Crippen molar-refractivity contribution in [3.05, 3.63) is 131 Å². The minimum atomic E-state index is 0.177. The Morgan fingerprint density at radius 3 is 2.22 bits per heavy atom. The van der Waals surface area contributed by atoms with Crippen molar-refractivity contribution in [3.8, 4) is 0 Å². The summed E-state index contributed by atoms with van der Waals surface area (Å²) in [6, 6.07) is 21.5. The van der Waals surface area contributed by atoms with E-state index in [4.69, 9.17) is 0 Å². The Balaban J connectivity index is 1.27. The van der Waals surface area contributed by atoms with Crippen molar-refractivity contribution in [1.82, 2.24) is 0 Å². The standard InChI is InChI=1S/C35H35N/c1-35(2)32-18-10-17-30(34(32)31-22-25-21-26(25)23-33(31)35)24-11-9-16-29(20-19-24)36(27-12-5-3-6-13-27)28-14-7-4-8-15-28/h3-15,18-20,23,25-26,30-31H,16-17,21-22H2,1-2H3. The fourth-order valence-electron chi connectivity index (χ4n) is 7.33. The summed E-state index contributed by atoms with van der Waals surface area (Å²) in [5.41, 5.74) is 10.4. The van der Waals surface area contributed by atoms with Crippen molar-refractivity contribution >= 4 is 11.4 Å². The van der Waals surface area contributed by atoms with Crippen LogP contribution in [0.1, 0.15) is 39.5 Å². The molecule has 0 spiro atoms. The highest BCUT2D eigenvalue weighted by molar-refractivity contribution is 5.69. The van der Waals surface area contributed by atoms with Crippen molar-refractivity contribution < 1.29 is 0 Å².